The zero-order valence-corrected chi connectivity index (χ0v) is 12.3. The molecule has 2 atom stereocenters. The number of rotatable bonds is 2. The molecule has 1 aromatic carbocycles. The third-order valence-electron chi connectivity index (χ3n) is 3.94. The van der Waals surface area contributed by atoms with Gasteiger partial charge in [-0.3, -0.25) is 4.79 Å². The Morgan fingerprint density at radius 1 is 1.42 bits per heavy atom. The number of benzene rings is 1. The largest absolute Gasteiger partial charge is 0.347 e. The summed E-state index contributed by atoms with van der Waals surface area (Å²) in [4.78, 5) is 12.2. The molecule has 3 rings (SSSR count). The molecule has 102 valence electrons. The van der Waals surface area contributed by atoms with Gasteiger partial charge in [-0.05, 0) is 35.4 Å². The molecule has 1 amide bonds. The molecule has 2 heterocycles. The molecule has 0 unspecified atom stereocenters. The predicted octanol–water partition coefficient (Wildman–Crippen LogP) is 2.96. The summed E-state index contributed by atoms with van der Waals surface area (Å²) in [6, 6.07) is 4.15. The lowest BCUT2D eigenvalue weighted by Crippen LogP contribution is -2.44. The lowest BCUT2D eigenvalue weighted by molar-refractivity contribution is 0.0924. The minimum absolute atomic E-state index is 0.0729. The maximum absolute atomic E-state index is 12.2. The van der Waals surface area contributed by atoms with Gasteiger partial charge in [0.1, 0.15) is 0 Å². The van der Waals surface area contributed by atoms with Gasteiger partial charge in [0, 0.05) is 19.0 Å². The number of fused-ring (bicyclic) bond motifs is 3. The van der Waals surface area contributed by atoms with Gasteiger partial charge in [0.15, 0.2) is 0 Å². The van der Waals surface area contributed by atoms with Crippen LogP contribution in [0.25, 0.3) is 0 Å². The molecule has 3 nitrogen and oxygen atoms in total. The summed E-state index contributed by atoms with van der Waals surface area (Å²) in [6.07, 6.45) is 2.05. The van der Waals surface area contributed by atoms with E-state index in [0.29, 0.717) is 17.1 Å². The van der Waals surface area contributed by atoms with Crippen LogP contribution in [0.3, 0.4) is 0 Å². The Kier molecular flexibility index (Phi) is 3.46. The molecule has 5 heteroatoms. The molecule has 1 saturated heterocycles. The summed E-state index contributed by atoms with van der Waals surface area (Å²) >= 11 is 12.4. The highest BCUT2D eigenvalue weighted by Gasteiger charge is 2.41. The smallest absolute Gasteiger partial charge is 0.253 e. The van der Waals surface area contributed by atoms with E-state index in [0.717, 1.165) is 24.9 Å². The molecule has 0 radical (unpaired) electrons. The number of hydrogen-bond donors (Lipinski definition) is 1. The first-order valence-corrected chi connectivity index (χ1v) is 7.35. The van der Waals surface area contributed by atoms with Gasteiger partial charge in [0.05, 0.1) is 16.6 Å². The standard InChI is InChI=1S/C14H16Cl2N2O/c1-2-3-8-4-9-10-6-18(16)7-12(10)17-14(19)13(9)11(15)5-8/h4-5,10,12H,2-3,6-7H2,1H3,(H,17,19)/t10-,12+/m0/s1. The van der Waals surface area contributed by atoms with Gasteiger partial charge in [-0.1, -0.05) is 31.0 Å². The fourth-order valence-electron chi connectivity index (χ4n) is 3.11. The van der Waals surface area contributed by atoms with E-state index in [2.05, 4.69) is 18.3 Å². The monoisotopic (exact) mass is 298 g/mol. The van der Waals surface area contributed by atoms with Gasteiger partial charge in [-0.25, -0.2) is 4.42 Å². The molecule has 0 saturated carbocycles. The van der Waals surface area contributed by atoms with E-state index in [-0.39, 0.29) is 17.9 Å². The van der Waals surface area contributed by atoms with Gasteiger partial charge < -0.3 is 5.32 Å². The number of carbonyl (C=O) groups excluding carboxylic acids is 1. The van der Waals surface area contributed by atoms with Crippen LogP contribution < -0.4 is 5.32 Å². The number of hydrogen-bond acceptors (Lipinski definition) is 2. The lowest BCUT2D eigenvalue weighted by Gasteiger charge is -2.29. The molecule has 0 bridgehead atoms. The first kappa shape index (κ1) is 13.2. The second-order valence-corrected chi connectivity index (χ2v) is 6.19. The van der Waals surface area contributed by atoms with Crippen LogP contribution in [0.15, 0.2) is 12.1 Å². The molecule has 1 aromatic rings. The van der Waals surface area contributed by atoms with Gasteiger partial charge >= 0.3 is 0 Å². The molecule has 0 aliphatic carbocycles. The Labute approximate surface area is 123 Å². The first-order chi connectivity index (χ1) is 9.10. The van der Waals surface area contributed by atoms with E-state index in [1.807, 2.05) is 6.07 Å². The summed E-state index contributed by atoms with van der Waals surface area (Å²) in [5.74, 6) is 0.177. The number of nitrogens with one attached hydrogen (secondary N) is 1. The SMILES string of the molecule is CCCc1cc(Cl)c2c(c1)[C@@H]1CN(Cl)C[C@H]1NC2=O. The zero-order valence-electron chi connectivity index (χ0n) is 10.7. The van der Waals surface area contributed by atoms with E-state index in [9.17, 15) is 4.79 Å². The van der Waals surface area contributed by atoms with Crippen molar-refractivity contribution in [3.05, 3.63) is 33.8 Å². The number of aryl methyl sites for hydroxylation is 1. The van der Waals surface area contributed by atoms with Crippen molar-refractivity contribution < 1.29 is 4.79 Å². The van der Waals surface area contributed by atoms with E-state index < -0.39 is 0 Å². The Balaban J connectivity index is 2.09. The third-order valence-corrected chi connectivity index (χ3v) is 4.51. The molecule has 0 aromatic heterocycles. The Morgan fingerprint density at radius 3 is 2.95 bits per heavy atom. The van der Waals surface area contributed by atoms with Crippen LogP contribution in [0.2, 0.25) is 5.02 Å². The van der Waals surface area contributed by atoms with E-state index in [1.54, 1.807) is 4.42 Å². The second-order valence-electron chi connectivity index (χ2n) is 5.31. The van der Waals surface area contributed by atoms with Crippen molar-refractivity contribution >= 4 is 29.3 Å². The fraction of sp³-hybridized carbons (Fsp3) is 0.500. The summed E-state index contributed by atoms with van der Waals surface area (Å²) < 4.78 is 1.74. The van der Waals surface area contributed by atoms with Gasteiger partial charge in [-0.2, -0.15) is 0 Å². The second kappa shape index (κ2) is 4.97. The van der Waals surface area contributed by atoms with Gasteiger partial charge in [0.2, 0.25) is 0 Å². The van der Waals surface area contributed by atoms with Crippen molar-refractivity contribution in [1.82, 2.24) is 9.74 Å². The van der Waals surface area contributed by atoms with E-state index in [1.165, 1.54) is 5.56 Å². The molecule has 1 N–H and O–H groups in total. The summed E-state index contributed by atoms with van der Waals surface area (Å²) in [5.41, 5.74) is 2.90. The maximum atomic E-state index is 12.2. The average Bonchev–Trinajstić information content (AvgIpc) is 2.69. The number of amides is 1. The van der Waals surface area contributed by atoms with E-state index >= 15 is 0 Å². The minimum Gasteiger partial charge on any atom is -0.347 e. The van der Waals surface area contributed by atoms with Crippen molar-refractivity contribution in [2.45, 2.75) is 31.7 Å². The Hall–Kier alpha value is -0.770. The average molecular weight is 299 g/mol. The highest BCUT2D eigenvalue weighted by atomic mass is 35.5. The van der Waals surface area contributed by atoms with Gasteiger partial charge in [0.25, 0.3) is 5.91 Å². The van der Waals surface area contributed by atoms with Crippen LogP contribution in [-0.4, -0.2) is 29.5 Å². The summed E-state index contributed by atoms with van der Waals surface area (Å²) in [6.45, 7) is 3.58. The minimum atomic E-state index is -0.0729. The summed E-state index contributed by atoms with van der Waals surface area (Å²) in [5, 5.41) is 3.57. The van der Waals surface area contributed by atoms with E-state index in [4.69, 9.17) is 23.4 Å². The number of nitrogens with zero attached hydrogens (tertiary/aromatic N) is 1. The molecule has 2 aliphatic rings. The van der Waals surface area contributed by atoms with Crippen LogP contribution >= 0.6 is 23.4 Å². The van der Waals surface area contributed by atoms with Gasteiger partial charge in [-0.15, -0.1) is 0 Å². The van der Waals surface area contributed by atoms with Crippen molar-refractivity contribution in [2.75, 3.05) is 13.1 Å². The highest BCUT2D eigenvalue weighted by Crippen LogP contribution is 2.38. The maximum Gasteiger partial charge on any atom is 0.253 e. The van der Waals surface area contributed by atoms with Crippen LogP contribution in [0, 0.1) is 0 Å². The van der Waals surface area contributed by atoms with Crippen LogP contribution in [0.5, 0.6) is 0 Å². The molecular weight excluding hydrogens is 283 g/mol. The normalized spacial score (nSPS) is 25.9. The Bertz CT molecular complexity index is 532. The Morgan fingerprint density at radius 2 is 2.21 bits per heavy atom. The van der Waals surface area contributed by atoms with Crippen LogP contribution in [-0.2, 0) is 6.42 Å². The summed E-state index contributed by atoms with van der Waals surface area (Å²) in [7, 11) is 0. The van der Waals surface area contributed by atoms with Crippen molar-refractivity contribution in [2.24, 2.45) is 0 Å². The predicted molar refractivity (Wildman–Crippen MR) is 76.9 cm³/mol. The van der Waals surface area contributed by atoms with Crippen LogP contribution in [0.1, 0.15) is 40.7 Å². The van der Waals surface area contributed by atoms with Crippen LogP contribution in [0.4, 0.5) is 0 Å². The quantitative estimate of drug-likeness (QED) is 0.852. The molecule has 2 aliphatic heterocycles. The number of carbonyl (C=O) groups is 1. The highest BCUT2D eigenvalue weighted by molar-refractivity contribution is 6.34. The topological polar surface area (TPSA) is 32.3 Å². The molecule has 1 fully saturated rings. The lowest BCUT2D eigenvalue weighted by atomic mass is 9.85. The molecular formula is C14H16Cl2N2O. The number of halogens is 2. The molecule has 19 heavy (non-hydrogen) atoms. The third kappa shape index (κ3) is 2.24. The fourth-order valence-corrected chi connectivity index (χ4v) is 3.74. The zero-order chi connectivity index (χ0) is 13.6. The van der Waals surface area contributed by atoms with Crippen molar-refractivity contribution in [3.8, 4) is 0 Å². The van der Waals surface area contributed by atoms with Crippen molar-refractivity contribution in [1.29, 1.82) is 0 Å². The molecule has 0 spiro atoms. The first-order valence-electron chi connectivity index (χ1n) is 6.64. The van der Waals surface area contributed by atoms with Crippen molar-refractivity contribution in [3.63, 3.8) is 0 Å².